The molecule has 0 aliphatic heterocycles. The van der Waals surface area contributed by atoms with Crippen molar-refractivity contribution in [3.63, 3.8) is 0 Å². The van der Waals surface area contributed by atoms with Gasteiger partial charge in [-0.1, -0.05) is 6.42 Å². The quantitative estimate of drug-likeness (QED) is 0.397. The van der Waals surface area contributed by atoms with Gasteiger partial charge in [-0.05, 0) is 18.3 Å². The Morgan fingerprint density at radius 1 is 1.33 bits per heavy atom. The maximum atomic E-state index is 9.25. The molecule has 1 aliphatic carbocycles. The number of rotatable bonds is 0. The minimum Gasteiger partial charge on any atom is -0.399 e. The van der Waals surface area contributed by atoms with E-state index in [1.165, 1.54) is 0 Å². The van der Waals surface area contributed by atoms with Crippen LogP contribution in [0.4, 0.5) is 0 Å². The Morgan fingerprint density at radius 3 is 2.00 bits per heavy atom. The van der Waals surface area contributed by atoms with Gasteiger partial charge in [0.2, 0.25) is 0 Å². The molecule has 9 heavy (non-hydrogen) atoms. The largest absolute Gasteiger partial charge is 0.399 e. The molecule has 1 saturated carbocycles. The van der Waals surface area contributed by atoms with E-state index in [9.17, 15) is 5.11 Å². The topological polar surface area (TPSA) is 46.2 Å². The molecule has 1 rings (SSSR count). The molecule has 46 valence electrons. The Kier molecular flexibility index (Phi) is 1.41. The lowest BCUT2D eigenvalue weighted by molar-refractivity contribution is 0.102. The Morgan fingerprint density at radius 2 is 1.89 bits per heavy atom. The van der Waals surface area contributed by atoms with Crippen LogP contribution >= 0.6 is 0 Å². The molecular weight excluding hydrogens is 112 g/mol. The van der Waals surface area contributed by atoms with Gasteiger partial charge in [-0.25, -0.2) is 0 Å². The van der Waals surface area contributed by atoms with E-state index in [1.54, 1.807) is 0 Å². The highest BCUT2D eigenvalue weighted by molar-refractivity contribution is 6.26. The molecule has 0 aromatic heterocycles. The molecule has 0 amide bonds. The first-order valence-corrected chi connectivity index (χ1v) is 3.05. The maximum absolute atomic E-state index is 9.25. The van der Waals surface area contributed by atoms with Crippen molar-refractivity contribution < 1.29 is 5.11 Å². The molecule has 0 bridgehead atoms. The standard InChI is InChI=1S/C5H9B2NO/c6-4(8)2-1-3-5(4,7)9/h9H,1-3,8H2/t4-,5-/m1/s1. The van der Waals surface area contributed by atoms with Crippen LogP contribution < -0.4 is 5.73 Å². The molecule has 4 radical (unpaired) electrons. The Bertz CT molecular complexity index is 110. The normalized spacial score (nSPS) is 51.8. The lowest BCUT2D eigenvalue weighted by Gasteiger charge is -2.34. The predicted molar refractivity (Wildman–Crippen MR) is 37.2 cm³/mol. The first kappa shape index (κ1) is 7.16. The zero-order valence-electron chi connectivity index (χ0n) is 5.30. The molecule has 0 saturated heterocycles. The van der Waals surface area contributed by atoms with Gasteiger partial charge in [0.15, 0.2) is 0 Å². The fourth-order valence-electron chi connectivity index (χ4n) is 1.10. The van der Waals surface area contributed by atoms with Crippen molar-refractivity contribution in [2.24, 2.45) is 5.73 Å². The monoisotopic (exact) mass is 121 g/mol. The van der Waals surface area contributed by atoms with Gasteiger partial charge in [-0.15, -0.1) is 0 Å². The fourth-order valence-corrected chi connectivity index (χ4v) is 1.10. The third-order valence-corrected chi connectivity index (χ3v) is 1.95. The van der Waals surface area contributed by atoms with Crippen molar-refractivity contribution in [1.82, 2.24) is 0 Å². The number of nitrogens with two attached hydrogens (primary N) is 1. The lowest BCUT2D eigenvalue weighted by atomic mass is 9.59. The maximum Gasteiger partial charge on any atom is 0.114 e. The Balaban J connectivity index is 2.75. The molecule has 4 heteroatoms. The SMILES string of the molecule is [B][C@@]1(N)CCC[C@@]1([B])O. The summed E-state index contributed by atoms with van der Waals surface area (Å²) in [7, 11) is 10.8. The van der Waals surface area contributed by atoms with E-state index in [0.717, 1.165) is 6.42 Å². The van der Waals surface area contributed by atoms with Crippen molar-refractivity contribution in [2.45, 2.75) is 30.2 Å². The molecule has 1 aliphatic rings. The van der Waals surface area contributed by atoms with E-state index in [-0.39, 0.29) is 0 Å². The Hall–Kier alpha value is 0.0499. The van der Waals surface area contributed by atoms with E-state index in [4.69, 9.17) is 21.4 Å². The minimum absolute atomic E-state index is 0.500. The van der Waals surface area contributed by atoms with Crippen LogP contribution in [0.2, 0.25) is 0 Å². The molecule has 0 spiro atoms. The van der Waals surface area contributed by atoms with Crippen LogP contribution in [0.15, 0.2) is 0 Å². The molecule has 0 aromatic carbocycles. The zero-order chi connectivity index (χ0) is 7.12. The van der Waals surface area contributed by atoms with E-state index < -0.39 is 10.9 Å². The first-order valence-electron chi connectivity index (χ1n) is 3.05. The second-order valence-electron chi connectivity index (χ2n) is 2.82. The third-order valence-electron chi connectivity index (χ3n) is 1.95. The number of hydrogen-bond acceptors (Lipinski definition) is 2. The molecular formula is C5H9B2NO. The van der Waals surface area contributed by atoms with Crippen molar-refractivity contribution in [2.75, 3.05) is 0 Å². The summed E-state index contributed by atoms with van der Waals surface area (Å²) in [5.41, 5.74) is 3.03. The van der Waals surface area contributed by atoms with Gasteiger partial charge >= 0.3 is 0 Å². The molecule has 2 nitrogen and oxygen atoms in total. The summed E-state index contributed by atoms with van der Waals surface area (Å²) in [5, 5.41) is 9.25. The van der Waals surface area contributed by atoms with Crippen LogP contribution in [0, 0.1) is 0 Å². The van der Waals surface area contributed by atoms with Crippen LogP contribution in [-0.2, 0) is 0 Å². The predicted octanol–water partition coefficient (Wildman–Crippen LogP) is -1.15. The van der Waals surface area contributed by atoms with E-state index in [0.29, 0.717) is 12.8 Å². The molecule has 3 N–H and O–H groups in total. The van der Waals surface area contributed by atoms with Crippen LogP contribution in [0.1, 0.15) is 19.3 Å². The zero-order valence-corrected chi connectivity index (χ0v) is 5.30. The fraction of sp³-hybridized carbons (Fsp3) is 1.00. The van der Waals surface area contributed by atoms with Gasteiger partial charge in [0.1, 0.15) is 7.85 Å². The van der Waals surface area contributed by atoms with E-state index in [1.807, 2.05) is 0 Å². The summed E-state index contributed by atoms with van der Waals surface area (Å²) in [6, 6.07) is 0. The number of hydrogen-bond donors (Lipinski definition) is 2. The van der Waals surface area contributed by atoms with Crippen LogP contribution in [0.25, 0.3) is 0 Å². The highest BCUT2D eigenvalue weighted by Gasteiger charge is 2.42. The van der Waals surface area contributed by atoms with Gasteiger partial charge in [-0.3, -0.25) is 0 Å². The molecule has 1 fully saturated rings. The second-order valence-corrected chi connectivity index (χ2v) is 2.82. The second kappa shape index (κ2) is 1.77. The summed E-state index contributed by atoms with van der Waals surface area (Å²) in [6.45, 7) is 0. The highest BCUT2D eigenvalue weighted by Crippen LogP contribution is 2.32. The van der Waals surface area contributed by atoms with E-state index >= 15 is 0 Å². The minimum atomic E-state index is -1.35. The summed E-state index contributed by atoms with van der Waals surface area (Å²) >= 11 is 0. The lowest BCUT2D eigenvalue weighted by Crippen LogP contribution is -2.57. The summed E-state index contributed by atoms with van der Waals surface area (Å²) < 4.78 is 0. The average Bonchev–Trinajstić information content (AvgIpc) is 1.81. The van der Waals surface area contributed by atoms with Gasteiger partial charge in [0.25, 0.3) is 0 Å². The summed E-state index contributed by atoms with van der Waals surface area (Å²) in [4.78, 5) is 0. The number of aliphatic hydroxyl groups is 1. The van der Waals surface area contributed by atoms with E-state index in [2.05, 4.69) is 0 Å². The molecule has 0 unspecified atom stereocenters. The summed E-state index contributed by atoms with van der Waals surface area (Å²) in [6.07, 6.45) is 1.90. The summed E-state index contributed by atoms with van der Waals surface area (Å²) in [5.74, 6) is 0. The van der Waals surface area contributed by atoms with Crippen LogP contribution in [0.5, 0.6) is 0 Å². The average molecular weight is 121 g/mol. The van der Waals surface area contributed by atoms with Crippen molar-refractivity contribution in [1.29, 1.82) is 0 Å². The molecule has 2 atom stereocenters. The van der Waals surface area contributed by atoms with Gasteiger partial charge in [0, 0.05) is 5.50 Å². The third kappa shape index (κ3) is 1.01. The molecule has 0 aromatic rings. The first-order chi connectivity index (χ1) is 3.96. The van der Waals surface area contributed by atoms with Gasteiger partial charge in [-0.2, -0.15) is 0 Å². The Labute approximate surface area is 57.6 Å². The van der Waals surface area contributed by atoms with Gasteiger partial charge in [0.05, 0.1) is 7.85 Å². The van der Waals surface area contributed by atoms with Crippen LogP contribution in [-0.4, -0.2) is 31.7 Å². The van der Waals surface area contributed by atoms with Crippen LogP contribution in [0.3, 0.4) is 0 Å². The molecule has 0 heterocycles. The smallest absolute Gasteiger partial charge is 0.114 e. The van der Waals surface area contributed by atoms with Crippen molar-refractivity contribution in [3.05, 3.63) is 0 Å². The van der Waals surface area contributed by atoms with Gasteiger partial charge < -0.3 is 10.8 Å². The highest BCUT2D eigenvalue weighted by atomic mass is 16.3. The van der Waals surface area contributed by atoms with Crippen molar-refractivity contribution >= 4 is 15.7 Å². The van der Waals surface area contributed by atoms with Crippen molar-refractivity contribution in [3.8, 4) is 0 Å².